The molecule has 0 aromatic heterocycles. The fourth-order valence-electron chi connectivity index (χ4n) is 3.00. The van der Waals surface area contributed by atoms with Crippen molar-refractivity contribution in [3.8, 4) is 0 Å². The monoisotopic (exact) mass is 408 g/mol. The van der Waals surface area contributed by atoms with Crippen molar-refractivity contribution in [1.82, 2.24) is 4.90 Å². The molecule has 1 heterocycles. The van der Waals surface area contributed by atoms with Gasteiger partial charge in [-0.2, -0.15) is 13.2 Å². The SMILES string of the molecule is O=C(N1Cc2cc3cccc(S(=O)(=O)Cl)c3c([N+](=O)[O-])c2C1)C(F)(F)F. The zero-order valence-corrected chi connectivity index (χ0v) is 14.2. The van der Waals surface area contributed by atoms with E-state index in [4.69, 9.17) is 10.7 Å². The Hall–Kier alpha value is -2.40. The topological polar surface area (TPSA) is 97.6 Å². The van der Waals surface area contributed by atoms with Gasteiger partial charge in [0.1, 0.15) is 0 Å². The summed E-state index contributed by atoms with van der Waals surface area (Å²) in [6, 6.07) is 5.08. The van der Waals surface area contributed by atoms with Crippen LogP contribution in [-0.2, 0) is 26.9 Å². The summed E-state index contributed by atoms with van der Waals surface area (Å²) in [7, 11) is 0.992. The minimum absolute atomic E-state index is 0.124. The minimum Gasteiger partial charge on any atom is -0.326 e. The molecule has 0 unspecified atom stereocenters. The molecule has 0 atom stereocenters. The van der Waals surface area contributed by atoms with Crippen LogP contribution < -0.4 is 0 Å². The normalized spacial score (nSPS) is 14.5. The molecule has 7 nitrogen and oxygen atoms in total. The smallest absolute Gasteiger partial charge is 0.326 e. The molecule has 0 spiro atoms. The second-order valence-corrected chi connectivity index (χ2v) is 8.11. The van der Waals surface area contributed by atoms with Gasteiger partial charge in [0.15, 0.2) is 0 Å². The number of halogens is 4. The van der Waals surface area contributed by atoms with Gasteiger partial charge in [-0.15, -0.1) is 0 Å². The fraction of sp³-hybridized carbons (Fsp3) is 0.214. The number of carbonyl (C=O) groups excluding carboxylic acids is 1. The van der Waals surface area contributed by atoms with E-state index in [-0.39, 0.29) is 21.9 Å². The molecule has 2 aromatic carbocycles. The first kappa shape index (κ1) is 18.4. The van der Waals surface area contributed by atoms with Crippen LogP contribution in [0.3, 0.4) is 0 Å². The Morgan fingerprint density at radius 1 is 1.27 bits per heavy atom. The van der Waals surface area contributed by atoms with E-state index in [1.165, 1.54) is 18.2 Å². The molecule has 0 saturated heterocycles. The Bertz CT molecular complexity index is 1070. The molecule has 3 rings (SSSR count). The fourth-order valence-corrected chi connectivity index (χ4v) is 4.08. The van der Waals surface area contributed by atoms with Gasteiger partial charge < -0.3 is 4.90 Å². The molecule has 0 aliphatic carbocycles. The number of amides is 1. The summed E-state index contributed by atoms with van der Waals surface area (Å²) in [5, 5.41) is 11.4. The van der Waals surface area contributed by atoms with E-state index < -0.39 is 49.7 Å². The van der Waals surface area contributed by atoms with Crippen LogP contribution in [0.15, 0.2) is 29.2 Å². The molecular formula is C14H8ClF3N2O5S. The Kier molecular flexibility index (Phi) is 4.11. The van der Waals surface area contributed by atoms with Crippen molar-refractivity contribution in [3.05, 3.63) is 45.5 Å². The van der Waals surface area contributed by atoms with Crippen molar-refractivity contribution in [1.29, 1.82) is 0 Å². The van der Waals surface area contributed by atoms with Gasteiger partial charge in [-0.25, -0.2) is 8.42 Å². The third kappa shape index (κ3) is 2.97. The van der Waals surface area contributed by atoms with Crippen LogP contribution in [-0.4, -0.2) is 30.3 Å². The second kappa shape index (κ2) is 5.81. The van der Waals surface area contributed by atoms with E-state index in [9.17, 15) is 36.5 Å². The van der Waals surface area contributed by atoms with Crippen molar-refractivity contribution in [3.63, 3.8) is 0 Å². The Morgan fingerprint density at radius 3 is 2.46 bits per heavy atom. The third-order valence-corrected chi connectivity index (χ3v) is 5.35. The molecule has 2 aromatic rings. The summed E-state index contributed by atoms with van der Waals surface area (Å²) in [5.74, 6) is -2.13. The average Bonchev–Trinajstić information content (AvgIpc) is 2.91. The van der Waals surface area contributed by atoms with Crippen LogP contribution in [0.2, 0.25) is 0 Å². The van der Waals surface area contributed by atoms with E-state index >= 15 is 0 Å². The van der Waals surface area contributed by atoms with Gasteiger partial charge in [-0.05, 0) is 23.1 Å². The molecule has 12 heteroatoms. The van der Waals surface area contributed by atoms with Crippen molar-refractivity contribution in [2.24, 2.45) is 0 Å². The van der Waals surface area contributed by atoms with Crippen molar-refractivity contribution >= 4 is 42.1 Å². The largest absolute Gasteiger partial charge is 0.471 e. The summed E-state index contributed by atoms with van der Waals surface area (Å²) >= 11 is 0. The highest BCUT2D eigenvalue weighted by Crippen LogP contribution is 2.41. The Morgan fingerprint density at radius 2 is 1.92 bits per heavy atom. The molecule has 1 amide bonds. The molecule has 1 aliphatic rings. The quantitative estimate of drug-likeness (QED) is 0.432. The van der Waals surface area contributed by atoms with Crippen LogP contribution in [0.25, 0.3) is 10.8 Å². The maximum absolute atomic E-state index is 12.7. The number of hydrogen-bond donors (Lipinski definition) is 0. The highest BCUT2D eigenvalue weighted by atomic mass is 35.7. The lowest BCUT2D eigenvalue weighted by molar-refractivity contribution is -0.383. The summed E-state index contributed by atoms with van der Waals surface area (Å²) in [5.41, 5.74) is -0.673. The number of carbonyl (C=O) groups is 1. The molecule has 0 fully saturated rings. The average molecular weight is 409 g/mol. The van der Waals surface area contributed by atoms with Crippen molar-refractivity contribution < 1.29 is 31.3 Å². The summed E-state index contributed by atoms with van der Waals surface area (Å²) in [6.07, 6.45) is -5.12. The predicted molar refractivity (Wildman–Crippen MR) is 84.0 cm³/mol. The first-order chi connectivity index (χ1) is 11.9. The van der Waals surface area contributed by atoms with Gasteiger partial charge >= 0.3 is 12.1 Å². The third-order valence-electron chi connectivity index (χ3n) is 3.98. The number of rotatable bonds is 2. The van der Waals surface area contributed by atoms with Gasteiger partial charge in [0, 0.05) is 17.2 Å². The lowest BCUT2D eigenvalue weighted by atomic mass is 10.00. The number of nitrogens with zero attached hydrogens (tertiary/aromatic N) is 2. The second-order valence-electron chi connectivity index (χ2n) is 5.57. The summed E-state index contributed by atoms with van der Waals surface area (Å²) in [4.78, 5) is 22.0. The van der Waals surface area contributed by atoms with E-state index in [2.05, 4.69) is 0 Å². The number of alkyl halides is 3. The standard InChI is InChI=1S/C14H8ClF3N2O5S/c15-26(24,25)10-3-1-2-7-4-8-5-19(13(21)14(16,17)18)6-9(8)12(11(7)10)20(22)23/h1-4H,5-6H2. The zero-order valence-electron chi connectivity index (χ0n) is 12.6. The maximum Gasteiger partial charge on any atom is 0.471 e. The summed E-state index contributed by atoms with van der Waals surface area (Å²) in [6.45, 7) is -1.13. The lowest BCUT2D eigenvalue weighted by Crippen LogP contribution is -2.37. The van der Waals surface area contributed by atoms with Crippen LogP contribution >= 0.6 is 10.7 Å². The highest BCUT2D eigenvalue weighted by molar-refractivity contribution is 8.14. The van der Waals surface area contributed by atoms with Gasteiger partial charge in [0.2, 0.25) is 0 Å². The molecule has 1 aliphatic heterocycles. The molecule has 0 N–H and O–H groups in total. The zero-order chi connectivity index (χ0) is 19.4. The van der Waals surface area contributed by atoms with Crippen LogP contribution in [0.1, 0.15) is 11.1 Å². The number of benzene rings is 2. The van der Waals surface area contributed by atoms with Crippen molar-refractivity contribution in [2.45, 2.75) is 24.2 Å². The van der Waals surface area contributed by atoms with Crippen molar-refractivity contribution in [2.75, 3.05) is 0 Å². The van der Waals surface area contributed by atoms with Crippen LogP contribution in [0.5, 0.6) is 0 Å². The van der Waals surface area contributed by atoms with Gasteiger partial charge in [-0.3, -0.25) is 14.9 Å². The highest BCUT2D eigenvalue weighted by Gasteiger charge is 2.45. The van der Waals surface area contributed by atoms with Gasteiger partial charge in [-0.1, -0.05) is 12.1 Å². The molecule has 26 heavy (non-hydrogen) atoms. The number of nitro groups is 1. The Labute approximate surface area is 148 Å². The van der Waals surface area contributed by atoms with E-state index in [1.54, 1.807) is 0 Å². The lowest BCUT2D eigenvalue weighted by Gasteiger charge is -2.16. The minimum atomic E-state index is -5.12. The molecular weight excluding hydrogens is 401 g/mol. The van der Waals surface area contributed by atoms with E-state index in [0.717, 1.165) is 6.07 Å². The van der Waals surface area contributed by atoms with Crippen LogP contribution in [0, 0.1) is 10.1 Å². The van der Waals surface area contributed by atoms with E-state index in [1.807, 2.05) is 0 Å². The molecule has 138 valence electrons. The Balaban J connectivity index is 2.29. The number of hydrogen-bond acceptors (Lipinski definition) is 5. The van der Waals surface area contributed by atoms with Crippen LogP contribution in [0.4, 0.5) is 18.9 Å². The van der Waals surface area contributed by atoms with E-state index in [0.29, 0.717) is 4.90 Å². The number of nitro benzene ring substituents is 1. The first-order valence-corrected chi connectivity index (χ1v) is 9.25. The molecule has 0 saturated carbocycles. The van der Waals surface area contributed by atoms with Gasteiger partial charge in [0.05, 0.1) is 27.3 Å². The van der Waals surface area contributed by atoms with Gasteiger partial charge in [0.25, 0.3) is 14.7 Å². The first-order valence-electron chi connectivity index (χ1n) is 6.94. The number of fused-ring (bicyclic) bond motifs is 2. The molecule has 0 radical (unpaired) electrons. The predicted octanol–water partition coefficient (Wildman–Crippen LogP) is 3.08. The molecule has 0 bridgehead atoms. The maximum atomic E-state index is 12.7. The summed E-state index contributed by atoms with van der Waals surface area (Å²) < 4.78 is 61.5.